The first-order chi connectivity index (χ1) is 11.7. The maximum atomic E-state index is 10.3. The molecule has 8 N–H and O–H groups in total. The molecule has 25 heavy (non-hydrogen) atoms. The second-order valence-electron chi connectivity index (χ2n) is 6.08. The van der Waals surface area contributed by atoms with E-state index in [1.165, 1.54) is 6.92 Å². The summed E-state index contributed by atoms with van der Waals surface area (Å²) in [6, 6.07) is 0. The Balaban J connectivity index is 3.02. The lowest BCUT2D eigenvalue weighted by molar-refractivity contribution is -0.395. The standard InChI is InChI=1S/C14H28O11/c1-6(3-15)8(18)12(22)14(5-17,23-2)25-13-11(21)10(20)9(19)7(4-16)24-13/h6-13,15-22H,3-5H2,1-2H3/t6?,7?,8?,9?,10?,11?,12?,13?,14-/m0/s1. The number of aliphatic hydroxyl groups is 8. The molecule has 9 atom stereocenters. The molecule has 1 fully saturated rings. The molecule has 1 saturated heterocycles. The van der Waals surface area contributed by atoms with Crippen molar-refractivity contribution in [2.45, 2.75) is 55.6 Å². The summed E-state index contributed by atoms with van der Waals surface area (Å²) in [7, 11) is 1.06. The minimum absolute atomic E-state index is 0.469. The van der Waals surface area contributed by atoms with Gasteiger partial charge in [0.25, 0.3) is 0 Å². The van der Waals surface area contributed by atoms with E-state index in [4.69, 9.17) is 24.4 Å². The van der Waals surface area contributed by atoms with E-state index in [9.17, 15) is 30.6 Å². The first kappa shape index (κ1) is 22.6. The molecule has 0 aromatic rings. The second kappa shape index (κ2) is 9.48. The molecular formula is C14H28O11. The van der Waals surface area contributed by atoms with E-state index in [2.05, 4.69) is 0 Å². The molecule has 1 heterocycles. The smallest absolute Gasteiger partial charge is 0.223 e. The Morgan fingerprint density at radius 1 is 1.04 bits per heavy atom. The first-order valence-corrected chi connectivity index (χ1v) is 7.80. The lowest BCUT2D eigenvalue weighted by Gasteiger charge is -2.45. The van der Waals surface area contributed by atoms with Crippen LogP contribution in [0.1, 0.15) is 6.92 Å². The summed E-state index contributed by atoms with van der Waals surface area (Å²) < 4.78 is 15.4. The first-order valence-electron chi connectivity index (χ1n) is 7.80. The van der Waals surface area contributed by atoms with Crippen molar-refractivity contribution < 1.29 is 55.1 Å². The molecule has 0 bridgehead atoms. The molecular weight excluding hydrogens is 344 g/mol. The van der Waals surface area contributed by atoms with Crippen LogP contribution in [0.15, 0.2) is 0 Å². The van der Waals surface area contributed by atoms with Crippen molar-refractivity contribution in [3.05, 3.63) is 0 Å². The highest BCUT2D eigenvalue weighted by atomic mass is 16.8. The fraction of sp³-hybridized carbons (Fsp3) is 1.00. The van der Waals surface area contributed by atoms with Gasteiger partial charge in [-0.1, -0.05) is 6.92 Å². The Hall–Kier alpha value is -0.440. The molecule has 0 aliphatic carbocycles. The summed E-state index contributed by atoms with van der Waals surface area (Å²) in [5, 5.41) is 77.8. The van der Waals surface area contributed by atoms with Crippen LogP contribution in [0.25, 0.3) is 0 Å². The quantitative estimate of drug-likeness (QED) is 0.182. The summed E-state index contributed by atoms with van der Waals surface area (Å²) >= 11 is 0. The van der Waals surface area contributed by atoms with Gasteiger partial charge in [-0.05, 0) is 0 Å². The van der Waals surface area contributed by atoms with Gasteiger partial charge in [0.1, 0.15) is 37.1 Å². The van der Waals surface area contributed by atoms with Gasteiger partial charge in [-0.3, -0.25) is 0 Å². The fourth-order valence-corrected chi connectivity index (χ4v) is 2.47. The molecule has 0 amide bonds. The van der Waals surface area contributed by atoms with Gasteiger partial charge in [0, 0.05) is 19.6 Å². The Morgan fingerprint density at radius 2 is 1.64 bits per heavy atom. The summed E-state index contributed by atoms with van der Waals surface area (Å²) in [6.07, 6.45) is -11.5. The van der Waals surface area contributed by atoms with Gasteiger partial charge in [0.15, 0.2) is 6.29 Å². The monoisotopic (exact) mass is 372 g/mol. The lowest BCUT2D eigenvalue weighted by atomic mass is 9.94. The summed E-state index contributed by atoms with van der Waals surface area (Å²) in [4.78, 5) is 0. The van der Waals surface area contributed by atoms with Crippen molar-refractivity contribution in [2.24, 2.45) is 5.92 Å². The molecule has 0 aromatic carbocycles. The Kier molecular flexibility index (Phi) is 8.57. The highest BCUT2D eigenvalue weighted by molar-refractivity contribution is 4.92. The molecule has 1 aliphatic rings. The van der Waals surface area contributed by atoms with Crippen LogP contribution >= 0.6 is 0 Å². The van der Waals surface area contributed by atoms with E-state index in [0.29, 0.717) is 0 Å². The van der Waals surface area contributed by atoms with Crippen LogP contribution in [-0.2, 0) is 14.2 Å². The van der Waals surface area contributed by atoms with E-state index in [-0.39, 0.29) is 0 Å². The molecule has 1 aliphatic heterocycles. The normalized spacial score (nSPS) is 36.5. The summed E-state index contributed by atoms with van der Waals surface area (Å²) in [6.45, 7) is -0.714. The highest BCUT2D eigenvalue weighted by Gasteiger charge is 2.51. The Bertz CT molecular complexity index is 389. The Morgan fingerprint density at radius 3 is 2.08 bits per heavy atom. The van der Waals surface area contributed by atoms with Gasteiger partial charge in [-0.2, -0.15) is 0 Å². The second-order valence-corrected chi connectivity index (χ2v) is 6.08. The number of ether oxygens (including phenoxy) is 3. The largest absolute Gasteiger partial charge is 0.396 e. The van der Waals surface area contributed by atoms with E-state index in [1.807, 2.05) is 0 Å². The SMILES string of the molecule is CO[C@@](CO)(OC1OC(CO)C(O)C(O)C1O)C(O)C(O)C(C)CO. The van der Waals surface area contributed by atoms with Crippen LogP contribution in [0, 0.1) is 5.92 Å². The van der Waals surface area contributed by atoms with Crippen LogP contribution in [0.3, 0.4) is 0 Å². The molecule has 1 rings (SSSR count). The number of hydrogen-bond acceptors (Lipinski definition) is 11. The third kappa shape index (κ3) is 4.64. The molecule has 150 valence electrons. The average Bonchev–Trinajstić information content (AvgIpc) is 2.64. The number of aliphatic hydroxyl groups excluding tert-OH is 8. The number of methoxy groups -OCH3 is 1. The predicted octanol–water partition coefficient (Wildman–Crippen LogP) is -4.51. The van der Waals surface area contributed by atoms with Crippen LogP contribution in [0.5, 0.6) is 0 Å². The maximum Gasteiger partial charge on any atom is 0.223 e. The van der Waals surface area contributed by atoms with E-state index >= 15 is 0 Å². The molecule has 0 spiro atoms. The van der Waals surface area contributed by atoms with Crippen LogP contribution in [0.4, 0.5) is 0 Å². The molecule has 0 aromatic heterocycles. The number of hydrogen-bond donors (Lipinski definition) is 8. The van der Waals surface area contributed by atoms with Crippen LogP contribution in [-0.4, -0.2) is 116 Å². The highest BCUT2D eigenvalue weighted by Crippen LogP contribution is 2.30. The molecule has 0 saturated carbocycles. The third-order valence-corrected chi connectivity index (χ3v) is 4.38. The van der Waals surface area contributed by atoms with Crippen LogP contribution < -0.4 is 0 Å². The van der Waals surface area contributed by atoms with Gasteiger partial charge in [-0.25, -0.2) is 0 Å². The van der Waals surface area contributed by atoms with Gasteiger partial charge in [0.05, 0.1) is 12.7 Å². The molecule has 11 heteroatoms. The van der Waals surface area contributed by atoms with Gasteiger partial charge in [-0.15, -0.1) is 0 Å². The molecule has 11 nitrogen and oxygen atoms in total. The fourth-order valence-electron chi connectivity index (χ4n) is 2.47. The maximum absolute atomic E-state index is 10.3. The Labute approximate surface area is 144 Å². The minimum atomic E-state index is -2.27. The van der Waals surface area contributed by atoms with Crippen molar-refractivity contribution in [1.29, 1.82) is 0 Å². The molecule has 8 unspecified atom stereocenters. The molecule has 0 radical (unpaired) electrons. The van der Waals surface area contributed by atoms with Gasteiger partial charge >= 0.3 is 0 Å². The van der Waals surface area contributed by atoms with Crippen molar-refractivity contribution in [2.75, 3.05) is 26.9 Å². The zero-order valence-corrected chi connectivity index (χ0v) is 14.0. The van der Waals surface area contributed by atoms with E-state index in [0.717, 1.165) is 7.11 Å². The lowest BCUT2D eigenvalue weighted by Crippen LogP contribution is -2.64. The average molecular weight is 372 g/mol. The van der Waals surface area contributed by atoms with Gasteiger partial charge < -0.3 is 55.1 Å². The summed E-state index contributed by atoms with van der Waals surface area (Å²) in [5.74, 6) is -3.06. The van der Waals surface area contributed by atoms with Crippen LogP contribution in [0.2, 0.25) is 0 Å². The minimum Gasteiger partial charge on any atom is -0.396 e. The van der Waals surface area contributed by atoms with Crippen molar-refractivity contribution >= 4 is 0 Å². The number of rotatable bonds is 9. The van der Waals surface area contributed by atoms with E-state index in [1.54, 1.807) is 0 Å². The topological polar surface area (TPSA) is 190 Å². The zero-order chi connectivity index (χ0) is 19.4. The predicted molar refractivity (Wildman–Crippen MR) is 79.9 cm³/mol. The summed E-state index contributed by atoms with van der Waals surface area (Å²) in [5.41, 5.74) is 0. The van der Waals surface area contributed by atoms with Crippen molar-refractivity contribution in [3.8, 4) is 0 Å². The van der Waals surface area contributed by atoms with Crippen molar-refractivity contribution in [1.82, 2.24) is 0 Å². The van der Waals surface area contributed by atoms with Gasteiger partial charge in [0.2, 0.25) is 5.79 Å². The van der Waals surface area contributed by atoms with E-state index < -0.39 is 74.4 Å². The third-order valence-electron chi connectivity index (χ3n) is 4.38. The van der Waals surface area contributed by atoms with Crippen molar-refractivity contribution in [3.63, 3.8) is 0 Å². The zero-order valence-electron chi connectivity index (χ0n) is 14.0.